The maximum Gasteiger partial charge on any atom is 0.297 e. The molecule has 0 saturated heterocycles. The number of hydrogen-bond acceptors (Lipinski definition) is 6. The van der Waals surface area contributed by atoms with Crippen molar-refractivity contribution in [2.75, 3.05) is 5.32 Å². The minimum absolute atomic E-state index is 0.0675. The third-order valence-corrected chi connectivity index (χ3v) is 4.03. The van der Waals surface area contributed by atoms with E-state index in [4.69, 9.17) is 0 Å². The monoisotopic (exact) mass is 348 g/mol. The minimum atomic E-state index is -0.427. The Balaban J connectivity index is 1.77. The lowest BCUT2D eigenvalue weighted by Crippen LogP contribution is -2.14. The van der Waals surface area contributed by atoms with Crippen LogP contribution in [0.5, 0.6) is 0 Å². The number of anilines is 1. The molecule has 0 aliphatic rings. The molecule has 2 aromatic carbocycles. The predicted molar refractivity (Wildman–Crippen MR) is 94.7 cm³/mol. The van der Waals surface area contributed by atoms with Crippen LogP contribution in [0.4, 0.5) is 5.13 Å². The van der Waals surface area contributed by atoms with Crippen molar-refractivity contribution < 1.29 is 4.79 Å². The largest absolute Gasteiger partial charge is 0.297 e. The van der Waals surface area contributed by atoms with Gasteiger partial charge in [0.15, 0.2) is 5.82 Å². The molecule has 0 atom stereocenters. The van der Waals surface area contributed by atoms with Crippen molar-refractivity contribution in [3.63, 3.8) is 0 Å². The second-order valence-corrected chi connectivity index (χ2v) is 5.90. The number of nitrogens with zero attached hydrogens (tertiary/aromatic N) is 5. The van der Waals surface area contributed by atoms with Gasteiger partial charge >= 0.3 is 0 Å². The van der Waals surface area contributed by atoms with E-state index in [1.54, 1.807) is 10.2 Å². The van der Waals surface area contributed by atoms with E-state index in [0.29, 0.717) is 11.0 Å². The van der Waals surface area contributed by atoms with E-state index in [2.05, 4.69) is 25.6 Å². The van der Waals surface area contributed by atoms with Crippen LogP contribution >= 0.6 is 11.3 Å². The summed E-state index contributed by atoms with van der Waals surface area (Å²) in [7, 11) is 0. The van der Waals surface area contributed by atoms with Crippen LogP contribution in [0.1, 0.15) is 10.6 Å². The smallest absolute Gasteiger partial charge is 0.294 e. The van der Waals surface area contributed by atoms with Crippen molar-refractivity contribution in [3.05, 3.63) is 72.0 Å². The maximum absolute atomic E-state index is 12.4. The molecule has 0 bridgehead atoms. The van der Waals surface area contributed by atoms with Gasteiger partial charge in [-0.1, -0.05) is 59.9 Å². The van der Waals surface area contributed by atoms with Crippen LogP contribution in [-0.2, 0) is 0 Å². The SMILES string of the molecule is O=C(Nc1nncs1)c1nc(-c2ccccc2)n(-c2ccccc2)n1. The van der Waals surface area contributed by atoms with Gasteiger partial charge in [0.2, 0.25) is 11.0 Å². The van der Waals surface area contributed by atoms with Gasteiger partial charge in [-0.25, -0.2) is 9.67 Å². The van der Waals surface area contributed by atoms with Crippen LogP contribution in [0.15, 0.2) is 66.2 Å². The second kappa shape index (κ2) is 6.62. The number of rotatable bonds is 4. The zero-order valence-electron chi connectivity index (χ0n) is 12.9. The van der Waals surface area contributed by atoms with Gasteiger partial charge in [0.05, 0.1) is 5.69 Å². The van der Waals surface area contributed by atoms with Crippen LogP contribution in [0.25, 0.3) is 17.1 Å². The first-order valence-electron chi connectivity index (χ1n) is 7.47. The summed E-state index contributed by atoms with van der Waals surface area (Å²) >= 11 is 1.23. The lowest BCUT2D eigenvalue weighted by atomic mass is 10.2. The molecular weight excluding hydrogens is 336 g/mol. The molecule has 1 N–H and O–H groups in total. The Kier molecular flexibility index (Phi) is 4.01. The third kappa shape index (κ3) is 3.15. The van der Waals surface area contributed by atoms with E-state index in [-0.39, 0.29) is 5.82 Å². The standard InChI is InChI=1S/C17H12N6OS/c24-16(20-17-21-18-11-25-17)14-19-15(12-7-3-1-4-8-12)23(22-14)13-9-5-2-6-10-13/h1-11H,(H,20,21,24). The Morgan fingerprint density at radius 3 is 2.40 bits per heavy atom. The van der Waals surface area contributed by atoms with Crippen LogP contribution in [0, 0.1) is 0 Å². The fourth-order valence-corrected chi connectivity index (χ4v) is 2.75. The van der Waals surface area contributed by atoms with Crippen molar-refractivity contribution in [1.82, 2.24) is 25.0 Å². The third-order valence-electron chi connectivity index (χ3n) is 3.42. The van der Waals surface area contributed by atoms with Gasteiger partial charge < -0.3 is 0 Å². The van der Waals surface area contributed by atoms with Gasteiger partial charge in [0.25, 0.3) is 5.91 Å². The molecule has 2 heterocycles. The molecule has 0 radical (unpaired) electrons. The summed E-state index contributed by atoms with van der Waals surface area (Å²) in [6.07, 6.45) is 0. The van der Waals surface area contributed by atoms with Crippen LogP contribution in [0.2, 0.25) is 0 Å². The zero-order chi connectivity index (χ0) is 17.1. The van der Waals surface area contributed by atoms with Gasteiger partial charge in [-0.2, -0.15) is 0 Å². The van der Waals surface area contributed by atoms with Crippen molar-refractivity contribution in [1.29, 1.82) is 0 Å². The number of hydrogen-bond donors (Lipinski definition) is 1. The molecule has 4 rings (SSSR count). The highest BCUT2D eigenvalue weighted by Gasteiger charge is 2.19. The summed E-state index contributed by atoms with van der Waals surface area (Å²) in [6.45, 7) is 0. The Morgan fingerprint density at radius 2 is 1.72 bits per heavy atom. The maximum atomic E-state index is 12.4. The van der Waals surface area contributed by atoms with Crippen molar-refractivity contribution in [2.45, 2.75) is 0 Å². The van der Waals surface area contributed by atoms with Crippen molar-refractivity contribution in [2.24, 2.45) is 0 Å². The van der Waals surface area contributed by atoms with Gasteiger partial charge in [0, 0.05) is 5.56 Å². The molecule has 8 heteroatoms. The topological polar surface area (TPSA) is 85.6 Å². The number of carbonyl (C=O) groups is 1. The molecule has 25 heavy (non-hydrogen) atoms. The van der Waals surface area contributed by atoms with Gasteiger partial charge in [-0.05, 0) is 12.1 Å². The second-order valence-electron chi connectivity index (χ2n) is 5.07. The number of aromatic nitrogens is 5. The first kappa shape index (κ1) is 15.2. The summed E-state index contributed by atoms with van der Waals surface area (Å²) in [6, 6.07) is 19.2. The van der Waals surface area contributed by atoms with Crippen molar-refractivity contribution in [3.8, 4) is 17.1 Å². The van der Waals surface area contributed by atoms with Crippen LogP contribution in [-0.4, -0.2) is 30.9 Å². The first-order valence-corrected chi connectivity index (χ1v) is 8.34. The molecule has 0 aliphatic carbocycles. The van der Waals surface area contributed by atoms with E-state index in [1.807, 2.05) is 60.7 Å². The fourth-order valence-electron chi connectivity index (χ4n) is 2.31. The molecule has 1 amide bonds. The number of nitrogens with one attached hydrogen (secondary N) is 1. The van der Waals surface area contributed by atoms with E-state index >= 15 is 0 Å². The highest BCUT2D eigenvalue weighted by atomic mass is 32.1. The molecule has 2 aromatic heterocycles. The van der Waals surface area contributed by atoms with Crippen LogP contribution in [0.3, 0.4) is 0 Å². The quantitative estimate of drug-likeness (QED) is 0.613. The van der Waals surface area contributed by atoms with Gasteiger partial charge in [-0.15, -0.1) is 15.3 Å². The van der Waals surface area contributed by atoms with Gasteiger partial charge in [-0.3, -0.25) is 10.1 Å². The average molecular weight is 348 g/mol. The number of para-hydroxylation sites is 1. The summed E-state index contributed by atoms with van der Waals surface area (Å²) in [5.41, 5.74) is 3.23. The van der Waals surface area contributed by atoms with Gasteiger partial charge in [0.1, 0.15) is 5.51 Å². The molecule has 0 unspecified atom stereocenters. The Labute approximate surface area is 147 Å². The lowest BCUT2D eigenvalue weighted by Gasteiger charge is -2.05. The summed E-state index contributed by atoms with van der Waals surface area (Å²) in [5, 5.41) is 14.9. The molecule has 122 valence electrons. The number of benzene rings is 2. The highest BCUT2D eigenvalue weighted by Crippen LogP contribution is 2.21. The predicted octanol–water partition coefficient (Wildman–Crippen LogP) is 3.04. The first-order chi connectivity index (χ1) is 12.3. The lowest BCUT2D eigenvalue weighted by molar-refractivity contribution is 0.101. The Bertz CT molecular complexity index is 926. The molecule has 0 aliphatic heterocycles. The number of amides is 1. The molecule has 0 spiro atoms. The Morgan fingerprint density at radius 1 is 1.00 bits per heavy atom. The number of carbonyl (C=O) groups excluding carboxylic acids is 1. The van der Waals surface area contributed by atoms with E-state index in [9.17, 15) is 4.79 Å². The molecule has 0 saturated carbocycles. The van der Waals surface area contributed by atoms with Crippen molar-refractivity contribution >= 4 is 22.4 Å². The van der Waals surface area contributed by atoms with E-state index < -0.39 is 5.91 Å². The summed E-state index contributed by atoms with van der Waals surface area (Å²) in [4.78, 5) is 16.9. The Hall–Kier alpha value is -3.39. The molecule has 4 aromatic rings. The zero-order valence-corrected chi connectivity index (χ0v) is 13.7. The molecule has 0 fully saturated rings. The van der Waals surface area contributed by atoms with E-state index in [0.717, 1.165) is 11.3 Å². The molecule has 7 nitrogen and oxygen atoms in total. The highest BCUT2D eigenvalue weighted by molar-refractivity contribution is 7.13. The van der Waals surface area contributed by atoms with Crippen LogP contribution < -0.4 is 5.32 Å². The average Bonchev–Trinajstić information content (AvgIpc) is 3.33. The minimum Gasteiger partial charge on any atom is -0.294 e. The summed E-state index contributed by atoms with van der Waals surface area (Å²) < 4.78 is 1.66. The normalized spacial score (nSPS) is 10.6. The summed E-state index contributed by atoms with van der Waals surface area (Å²) in [5.74, 6) is 0.232. The molecular formula is C17H12N6OS. The van der Waals surface area contributed by atoms with E-state index in [1.165, 1.54) is 11.3 Å². The fraction of sp³-hybridized carbons (Fsp3) is 0.